The van der Waals surface area contributed by atoms with Crippen molar-refractivity contribution in [1.29, 1.82) is 0 Å². The SMILES string of the molecule is O=P(O)(O)N(CCO)CCCl. The van der Waals surface area contributed by atoms with Gasteiger partial charge in [-0.2, -0.15) is 0 Å². The Hall–Kier alpha value is 0.360. The molecule has 7 heteroatoms. The Morgan fingerprint density at radius 1 is 1.36 bits per heavy atom. The third-order valence-corrected chi connectivity index (χ3v) is 2.38. The van der Waals surface area contributed by atoms with E-state index in [1.807, 2.05) is 0 Å². The van der Waals surface area contributed by atoms with Gasteiger partial charge in [0.2, 0.25) is 0 Å². The zero-order valence-corrected chi connectivity index (χ0v) is 7.50. The molecule has 3 N–H and O–H groups in total. The fourth-order valence-corrected chi connectivity index (χ4v) is 1.62. The summed E-state index contributed by atoms with van der Waals surface area (Å²) >= 11 is 5.27. The second-order valence-electron chi connectivity index (χ2n) is 1.88. The highest BCUT2D eigenvalue weighted by Crippen LogP contribution is 2.38. The van der Waals surface area contributed by atoms with Crippen LogP contribution in [0.25, 0.3) is 0 Å². The Morgan fingerprint density at radius 2 is 1.91 bits per heavy atom. The highest BCUT2D eigenvalue weighted by Gasteiger charge is 2.23. The summed E-state index contributed by atoms with van der Waals surface area (Å²) in [5, 5.41) is 8.40. The lowest BCUT2D eigenvalue weighted by molar-refractivity contribution is 0.220. The van der Waals surface area contributed by atoms with E-state index in [4.69, 9.17) is 26.5 Å². The second-order valence-corrected chi connectivity index (χ2v) is 3.85. The first-order valence-corrected chi connectivity index (χ1v) is 5.10. The van der Waals surface area contributed by atoms with Crippen LogP contribution in [0.3, 0.4) is 0 Å². The van der Waals surface area contributed by atoms with Crippen molar-refractivity contribution in [2.45, 2.75) is 0 Å². The molecule has 0 radical (unpaired) electrons. The molecule has 0 amide bonds. The van der Waals surface area contributed by atoms with Crippen molar-refractivity contribution >= 4 is 19.3 Å². The lowest BCUT2D eigenvalue weighted by atomic mass is 10.6. The number of hydrogen-bond acceptors (Lipinski definition) is 2. The number of nitrogens with zero attached hydrogens (tertiary/aromatic N) is 1. The van der Waals surface area contributed by atoms with Gasteiger partial charge in [-0.1, -0.05) is 0 Å². The van der Waals surface area contributed by atoms with E-state index < -0.39 is 7.75 Å². The fraction of sp³-hybridized carbons (Fsp3) is 1.00. The smallest absolute Gasteiger partial charge is 0.395 e. The molecule has 0 spiro atoms. The fourth-order valence-electron chi connectivity index (χ4n) is 0.585. The average molecular weight is 204 g/mol. The summed E-state index contributed by atoms with van der Waals surface area (Å²) in [6, 6.07) is 0. The minimum absolute atomic E-state index is 0.0585. The maximum absolute atomic E-state index is 10.6. The lowest BCUT2D eigenvalue weighted by Crippen LogP contribution is -2.25. The summed E-state index contributed by atoms with van der Waals surface area (Å²) in [7, 11) is -4.22. The third kappa shape index (κ3) is 4.74. The molecule has 5 nitrogen and oxygen atoms in total. The van der Waals surface area contributed by atoms with Gasteiger partial charge < -0.3 is 14.9 Å². The third-order valence-electron chi connectivity index (χ3n) is 1.07. The van der Waals surface area contributed by atoms with E-state index in [1.54, 1.807) is 0 Å². The van der Waals surface area contributed by atoms with Crippen molar-refractivity contribution in [2.75, 3.05) is 25.6 Å². The Balaban J connectivity index is 3.99. The molecule has 0 aromatic rings. The topological polar surface area (TPSA) is 81.0 Å². The molecule has 0 saturated carbocycles. The Morgan fingerprint density at radius 3 is 2.18 bits per heavy atom. The Bertz CT molecular complexity index is 143. The zero-order chi connectivity index (χ0) is 8.91. The van der Waals surface area contributed by atoms with E-state index >= 15 is 0 Å². The largest absolute Gasteiger partial charge is 0.403 e. The summed E-state index contributed by atoms with van der Waals surface area (Å²) in [5.41, 5.74) is 0. The van der Waals surface area contributed by atoms with Gasteiger partial charge in [0, 0.05) is 19.0 Å². The van der Waals surface area contributed by atoms with Crippen LogP contribution in [-0.4, -0.2) is 45.1 Å². The number of halogens is 1. The molecule has 0 unspecified atom stereocenters. The van der Waals surface area contributed by atoms with Crippen LogP contribution < -0.4 is 0 Å². The van der Waals surface area contributed by atoms with E-state index in [0.29, 0.717) is 0 Å². The quantitative estimate of drug-likeness (QED) is 0.419. The predicted molar refractivity (Wildman–Crippen MR) is 41.4 cm³/mol. The number of hydrogen-bond donors (Lipinski definition) is 3. The standard InChI is InChI=1S/C4H11ClNO4P/c5-1-2-6(3-4-7)11(8,9)10/h7H,1-4H2,(H2,8,9,10). The van der Waals surface area contributed by atoms with Gasteiger partial charge in [-0.3, -0.25) is 0 Å². The first-order chi connectivity index (χ1) is 5.02. The summed E-state index contributed by atoms with van der Waals surface area (Å²) in [5.74, 6) is 0.130. The summed E-state index contributed by atoms with van der Waals surface area (Å²) in [6.07, 6.45) is 0. The molecule has 0 saturated heterocycles. The van der Waals surface area contributed by atoms with E-state index in [0.717, 1.165) is 4.67 Å². The maximum Gasteiger partial charge on any atom is 0.403 e. The van der Waals surface area contributed by atoms with Crippen LogP contribution in [0, 0.1) is 0 Å². The van der Waals surface area contributed by atoms with Gasteiger partial charge in [0.05, 0.1) is 6.61 Å². The molecule has 0 fully saturated rings. The van der Waals surface area contributed by atoms with Crippen molar-refractivity contribution < 1.29 is 19.5 Å². The molecule has 0 aromatic carbocycles. The van der Waals surface area contributed by atoms with Crippen LogP contribution in [0.2, 0.25) is 0 Å². The number of aliphatic hydroxyl groups excluding tert-OH is 1. The molecule has 0 heterocycles. The second kappa shape index (κ2) is 5.09. The van der Waals surface area contributed by atoms with E-state index in [9.17, 15) is 4.57 Å². The molecule has 0 atom stereocenters. The van der Waals surface area contributed by atoms with Gasteiger partial charge >= 0.3 is 7.75 Å². The number of alkyl halides is 1. The molecular weight excluding hydrogens is 192 g/mol. The van der Waals surface area contributed by atoms with E-state index in [2.05, 4.69) is 0 Å². The Kier molecular flexibility index (Phi) is 5.25. The van der Waals surface area contributed by atoms with Gasteiger partial charge in [0.25, 0.3) is 0 Å². The van der Waals surface area contributed by atoms with E-state index in [-0.39, 0.29) is 25.6 Å². The molecule has 0 rings (SSSR count). The van der Waals surface area contributed by atoms with Crippen LogP contribution in [0.15, 0.2) is 0 Å². The summed E-state index contributed by atoms with van der Waals surface area (Å²) < 4.78 is 11.4. The highest BCUT2D eigenvalue weighted by molar-refractivity contribution is 7.49. The van der Waals surface area contributed by atoms with Crippen LogP contribution >= 0.6 is 19.3 Å². The molecular formula is C4H11ClNO4P. The monoisotopic (exact) mass is 203 g/mol. The van der Waals surface area contributed by atoms with Crippen LogP contribution in [0.5, 0.6) is 0 Å². The minimum atomic E-state index is -4.22. The van der Waals surface area contributed by atoms with Gasteiger partial charge in [0.1, 0.15) is 0 Å². The maximum atomic E-state index is 10.6. The molecule has 0 bridgehead atoms. The predicted octanol–water partition coefficient (Wildman–Crippen LogP) is -0.388. The summed E-state index contributed by atoms with van der Waals surface area (Å²) in [6.45, 7) is -0.272. The van der Waals surface area contributed by atoms with Crippen molar-refractivity contribution in [3.05, 3.63) is 0 Å². The molecule has 11 heavy (non-hydrogen) atoms. The van der Waals surface area contributed by atoms with Gasteiger partial charge in [-0.25, -0.2) is 9.24 Å². The van der Waals surface area contributed by atoms with Gasteiger partial charge in [0.15, 0.2) is 0 Å². The number of rotatable bonds is 5. The summed E-state index contributed by atoms with van der Waals surface area (Å²) in [4.78, 5) is 17.2. The van der Waals surface area contributed by atoms with Crippen molar-refractivity contribution in [3.8, 4) is 0 Å². The van der Waals surface area contributed by atoms with Gasteiger partial charge in [-0.15, -0.1) is 11.6 Å². The van der Waals surface area contributed by atoms with Crippen LogP contribution in [-0.2, 0) is 4.57 Å². The average Bonchev–Trinajstić information content (AvgIpc) is 1.85. The van der Waals surface area contributed by atoms with Crippen molar-refractivity contribution in [2.24, 2.45) is 0 Å². The molecule has 68 valence electrons. The molecule has 0 aliphatic rings. The molecule has 0 aromatic heterocycles. The van der Waals surface area contributed by atoms with Crippen LogP contribution in [0.1, 0.15) is 0 Å². The normalized spacial score (nSPS) is 12.5. The zero-order valence-electron chi connectivity index (χ0n) is 5.85. The minimum Gasteiger partial charge on any atom is -0.395 e. The highest BCUT2D eigenvalue weighted by atomic mass is 35.5. The van der Waals surface area contributed by atoms with E-state index in [1.165, 1.54) is 0 Å². The number of aliphatic hydroxyl groups is 1. The lowest BCUT2D eigenvalue weighted by Gasteiger charge is -2.20. The molecule has 0 aliphatic heterocycles. The van der Waals surface area contributed by atoms with Crippen molar-refractivity contribution in [3.63, 3.8) is 0 Å². The first kappa shape index (κ1) is 11.4. The van der Waals surface area contributed by atoms with Crippen LogP contribution in [0.4, 0.5) is 0 Å². The Labute approximate surface area is 69.8 Å². The van der Waals surface area contributed by atoms with Gasteiger partial charge in [-0.05, 0) is 0 Å². The first-order valence-electron chi connectivity index (χ1n) is 3.00. The molecule has 0 aliphatic carbocycles. The van der Waals surface area contributed by atoms with Crippen molar-refractivity contribution in [1.82, 2.24) is 4.67 Å².